The van der Waals surface area contributed by atoms with Crippen LogP contribution in [0.5, 0.6) is 0 Å². The fraction of sp³-hybridized carbons (Fsp3) is 0.846. The Kier molecular flexibility index (Phi) is 2.73. The summed E-state index contributed by atoms with van der Waals surface area (Å²) in [7, 11) is 0. The van der Waals surface area contributed by atoms with Crippen molar-refractivity contribution in [3.63, 3.8) is 0 Å². The zero-order valence-electron chi connectivity index (χ0n) is 9.18. The molecule has 0 bridgehead atoms. The predicted octanol–water partition coefficient (Wildman–Crippen LogP) is 4.00. The minimum atomic E-state index is 0. The van der Waals surface area contributed by atoms with Gasteiger partial charge in [-0.3, -0.25) is 0 Å². The molecule has 1 nitrogen and oxygen atoms in total. The molecule has 0 aromatic heterocycles. The Bertz CT molecular complexity index is 252. The maximum absolute atomic E-state index is 5.70. The Morgan fingerprint density at radius 2 is 2.00 bits per heavy atom. The summed E-state index contributed by atoms with van der Waals surface area (Å²) in [5, 5.41) is 0. The molecule has 0 aromatic rings. The van der Waals surface area contributed by atoms with Crippen LogP contribution >= 0.6 is 0 Å². The highest BCUT2D eigenvalue weighted by atomic mass is 16.5. The molecule has 2 fully saturated rings. The lowest BCUT2D eigenvalue weighted by Crippen LogP contribution is -2.23. The molecule has 2 unspecified atom stereocenters. The first-order chi connectivity index (χ1) is 6.17. The zero-order chi connectivity index (χ0) is 9.69. The summed E-state index contributed by atoms with van der Waals surface area (Å²) in [4.78, 5) is 0. The van der Waals surface area contributed by atoms with Gasteiger partial charge in [0.1, 0.15) is 0 Å². The molecule has 1 heteroatoms. The van der Waals surface area contributed by atoms with Crippen molar-refractivity contribution in [3.05, 3.63) is 11.8 Å². The molecule has 1 aliphatic heterocycles. The smallest absolute Gasteiger partial charge is 0.0991 e. The van der Waals surface area contributed by atoms with Crippen LogP contribution in [-0.2, 0) is 4.74 Å². The van der Waals surface area contributed by atoms with E-state index in [9.17, 15) is 0 Å². The molecular weight excluding hydrogens is 172 g/mol. The monoisotopic (exact) mass is 196 g/mol. The van der Waals surface area contributed by atoms with E-state index in [-0.39, 0.29) is 7.43 Å². The highest BCUT2D eigenvalue weighted by Gasteiger charge is 2.70. The van der Waals surface area contributed by atoms with Gasteiger partial charge in [-0.05, 0) is 24.8 Å². The minimum Gasteiger partial charge on any atom is -0.497 e. The van der Waals surface area contributed by atoms with Crippen LogP contribution in [-0.4, -0.2) is 6.61 Å². The van der Waals surface area contributed by atoms with Crippen LogP contribution in [0.4, 0.5) is 0 Å². The summed E-state index contributed by atoms with van der Waals surface area (Å²) >= 11 is 0. The number of hydrogen-bond donors (Lipinski definition) is 0. The second kappa shape index (κ2) is 3.29. The first-order valence-corrected chi connectivity index (χ1v) is 5.50. The van der Waals surface area contributed by atoms with Crippen LogP contribution in [0, 0.1) is 16.7 Å². The average molecular weight is 196 g/mol. The van der Waals surface area contributed by atoms with E-state index in [4.69, 9.17) is 4.74 Å². The molecule has 1 saturated heterocycles. The van der Waals surface area contributed by atoms with Crippen LogP contribution in [0.1, 0.15) is 48.0 Å². The van der Waals surface area contributed by atoms with Crippen molar-refractivity contribution in [2.24, 2.45) is 16.7 Å². The van der Waals surface area contributed by atoms with Crippen molar-refractivity contribution >= 4 is 0 Å². The normalized spacial score (nSPS) is 39.1. The van der Waals surface area contributed by atoms with E-state index < -0.39 is 0 Å². The highest BCUT2D eigenvalue weighted by Crippen LogP contribution is 2.75. The Balaban J connectivity index is 0.000000309. The van der Waals surface area contributed by atoms with Crippen molar-refractivity contribution in [1.29, 1.82) is 0 Å². The van der Waals surface area contributed by atoms with Gasteiger partial charge in [0.2, 0.25) is 0 Å². The summed E-state index contributed by atoms with van der Waals surface area (Å²) in [5.41, 5.74) is 0.924. The third kappa shape index (κ3) is 1.07. The Morgan fingerprint density at radius 1 is 1.36 bits per heavy atom. The summed E-state index contributed by atoms with van der Waals surface area (Å²) in [6.07, 6.45) is 4.98. The molecule has 3 aliphatic rings. The standard InChI is InChI=1S/C10H14O.C2H6.CH4/c1-9(2)6-11-8-4-3-7-5-10(7,8)9;1-2;/h4,7H,3,5-6H2,1-2H3;1-2H3;1H4. The Labute approximate surface area is 88.5 Å². The lowest BCUT2D eigenvalue weighted by Gasteiger charge is -2.22. The third-order valence-corrected chi connectivity index (χ3v) is 3.93. The first kappa shape index (κ1) is 11.6. The third-order valence-electron chi connectivity index (χ3n) is 3.93. The van der Waals surface area contributed by atoms with Crippen LogP contribution in [0.25, 0.3) is 0 Å². The molecule has 3 rings (SSSR count). The van der Waals surface area contributed by atoms with Crippen LogP contribution in [0.15, 0.2) is 11.8 Å². The SMILES string of the molecule is C.CC.CC1(C)COC2=CCC3CC231. The molecule has 0 radical (unpaired) electrons. The second-order valence-electron chi connectivity index (χ2n) is 4.85. The second-order valence-corrected chi connectivity index (χ2v) is 4.85. The number of allylic oxidation sites excluding steroid dienone is 2. The van der Waals surface area contributed by atoms with Crippen molar-refractivity contribution in [1.82, 2.24) is 0 Å². The van der Waals surface area contributed by atoms with Crippen molar-refractivity contribution in [2.45, 2.75) is 48.0 Å². The maximum Gasteiger partial charge on any atom is 0.0991 e. The molecule has 14 heavy (non-hydrogen) atoms. The Morgan fingerprint density at radius 3 is 2.50 bits per heavy atom. The van der Waals surface area contributed by atoms with E-state index in [2.05, 4.69) is 19.9 Å². The fourth-order valence-electron chi connectivity index (χ4n) is 3.08. The van der Waals surface area contributed by atoms with E-state index in [1.807, 2.05) is 13.8 Å². The molecule has 0 aromatic carbocycles. The van der Waals surface area contributed by atoms with Gasteiger partial charge in [-0.25, -0.2) is 0 Å². The van der Waals surface area contributed by atoms with Crippen LogP contribution in [0.2, 0.25) is 0 Å². The van der Waals surface area contributed by atoms with Gasteiger partial charge >= 0.3 is 0 Å². The number of ether oxygens (including phenoxy) is 1. The summed E-state index contributed by atoms with van der Waals surface area (Å²) in [5.74, 6) is 2.27. The van der Waals surface area contributed by atoms with Gasteiger partial charge in [-0.2, -0.15) is 0 Å². The molecule has 0 amide bonds. The van der Waals surface area contributed by atoms with Gasteiger partial charge in [0.15, 0.2) is 0 Å². The predicted molar refractivity (Wildman–Crippen MR) is 61.1 cm³/mol. The molecule has 1 saturated carbocycles. The van der Waals surface area contributed by atoms with Crippen LogP contribution < -0.4 is 0 Å². The Hall–Kier alpha value is -0.460. The van der Waals surface area contributed by atoms with Crippen molar-refractivity contribution < 1.29 is 4.74 Å². The molecule has 2 atom stereocenters. The van der Waals surface area contributed by atoms with Crippen LogP contribution in [0.3, 0.4) is 0 Å². The van der Waals surface area contributed by atoms with E-state index in [0.29, 0.717) is 10.8 Å². The fourth-order valence-corrected chi connectivity index (χ4v) is 3.08. The summed E-state index contributed by atoms with van der Waals surface area (Å²) < 4.78 is 5.70. The lowest BCUT2D eigenvalue weighted by atomic mass is 9.77. The van der Waals surface area contributed by atoms with Gasteiger partial charge in [-0.1, -0.05) is 35.1 Å². The topological polar surface area (TPSA) is 9.23 Å². The lowest BCUT2D eigenvalue weighted by molar-refractivity contribution is 0.191. The number of hydrogen-bond acceptors (Lipinski definition) is 1. The van der Waals surface area contributed by atoms with E-state index in [0.717, 1.165) is 12.5 Å². The van der Waals surface area contributed by atoms with Crippen molar-refractivity contribution in [2.75, 3.05) is 6.61 Å². The minimum absolute atomic E-state index is 0. The molecule has 2 aliphatic carbocycles. The molecule has 0 N–H and O–H groups in total. The quantitative estimate of drug-likeness (QED) is 0.569. The highest BCUT2D eigenvalue weighted by molar-refractivity contribution is 5.34. The zero-order valence-corrected chi connectivity index (χ0v) is 9.18. The van der Waals surface area contributed by atoms with Gasteiger partial charge < -0.3 is 4.74 Å². The average Bonchev–Trinajstić information content (AvgIpc) is 2.68. The molecule has 1 heterocycles. The molecular formula is C13H24O. The van der Waals surface area contributed by atoms with Gasteiger partial charge in [0, 0.05) is 10.8 Å². The largest absolute Gasteiger partial charge is 0.497 e. The van der Waals surface area contributed by atoms with E-state index >= 15 is 0 Å². The molecule has 82 valence electrons. The summed E-state index contributed by atoms with van der Waals surface area (Å²) in [6, 6.07) is 0. The van der Waals surface area contributed by atoms with E-state index in [1.54, 1.807) is 0 Å². The first-order valence-electron chi connectivity index (χ1n) is 5.50. The molecule has 1 spiro atoms. The number of rotatable bonds is 0. The summed E-state index contributed by atoms with van der Waals surface area (Å²) in [6.45, 7) is 9.63. The van der Waals surface area contributed by atoms with Gasteiger partial charge in [-0.15, -0.1) is 0 Å². The van der Waals surface area contributed by atoms with E-state index in [1.165, 1.54) is 18.6 Å². The van der Waals surface area contributed by atoms with Crippen molar-refractivity contribution in [3.8, 4) is 0 Å². The van der Waals surface area contributed by atoms with Gasteiger partial charge in [0.05, 0.1) is 12.4 Å². The van der Waals surface area contributed by atoms with Gasteiger partial charge in [0.25, 0.3) is 0 Å². The maximum atomic E-state index is 5.70.